The minimum atomic E-state index is -0.906. The van der Waals surface area contributed by atoms with E-state index in [2.05, 4.69) is 4.98 Å². The van der Waals surface area contributed by atoms with Gasteiger partial charge in [-0.1, -0.05) is 18.2 Å². The second-order valence-electron chi connectivity index (χ2n) is 5.28. The van der Waals surface area contributed by atoms with Gasteiger partial charge in [-0.25, -0.2) is 4.79 Å². The van der Waals surface area contributed by atoms with Crippen molar-refractivity contribution in [3.05, 3.63) is 54.5 Å². The molecule has 4 nitrogen and oxygen atoms in total. The quantitative estimate of drug-likeness (QED) is 0.789. The molecule has 3 aromatic rings. The highest BCUT2D eigenvalue weighted by atomic mass is 16.4. The zero-order chi connectivity index (χ0) is 15.0. The van der Waals surface area contributed by atoms with Crippen LogP contribution in [0.25, 0.3) is 22.0 Å². The number of aromatic carboxylic acids is 1. The van der Waals surface area contributed by atoms with Crippen LogP contribution >= 0.6 is 0 Å². The number of pyridine rings is 1. The summed E-state index contributed by atoms with van der Waals surface area (Å²) in [7, 11) is 0. The molecular formula is C17H16N2O2. The predicted molar refractivity (Wildman–Crippen MR) is 82.5 cm³/mol. The van der Waals surface area contributed by atoms with Crippen molar-refractivity contribution in [2.45, 2.75) is 19.9 Å². The number of carboxylic acids is 1. The summed E-state index contributed by atoms with van der Waals surface area (Å²) in [4.78, 5) is 15.5. The molecule has 0 bridgehead atoms. The largest absolute Gasteiger partial charge is 0.477 e. The molecule has 106 valence electrons. The van der Waals surface area contributed by atoms with E-state index in [4.69, 9.17) is 0 Å². The van der Waals surface area contributed by atoms with Crippen molar-refractivity contribution in [2.24, 2.45) is 0 Å². The van der Waals surface area contributed by atoms with E-state index in [1.807, 2.05) is 54.9 Å². The fourth-order valence-electron chi connectivity index (χ4n) is 2.74. The SMILES string of the molecule is CC(C)n1c(C(=O)O)ccc1-c1cccc2cnccc12. The Bertz CT molecular complexity index is 813. The summed E-state index contributed by atoms with van der Waals surface area (Å²) in [6.07, 6.45) is 3.58. The van der Waals surface area contributed by atoms with Crippen LogP contribution in [0.4, 0.5) is 0 Å². The van der Waals surface area contributed by atoms with Crippen LogP contribution in [0.5, 0.6) is 0 Å². The predicted octanol–water partition coefficient (Wildman–Crippen LogP) is 3.98. The van der Waals surface area contributed by atoms with E-state index < -0.39 is 5.97 Å². The first-order valence-electron chi connectivity index (χ1n) is 6.87. The van der Waals surface area contributed by atoms with Gasteiger partial charge < -0.3 is 9.67 Å². The Balaban J connectivity index is 2.31. The number of nitrogens with zero attached hydrogens (tertiary/aromatic N) is 2. The summed E-state index contributed by atoms with van der Waals surface area (Å²) < 4.78 is 1.86. The van der Waals surface area contributed by atoms with Gasteiger partial charge in [0.05, 0.1) is 0 Å². The average Bonchev–Trinajstić information content (AvgIpc) is 2.91. The van der Waals surface area contributed by atoms with Crippen LogP contribution in [0.1, 0.15) is 30.4 Å². The molecule has 0 saturated carbocycles. The lowest BCUT2D eigenvalue weighted by atomic mass is 10.0. The average molecular weight is 280 g/mol. The van der Waals surface area contributed by atoms with Crippen LogP contribution in [0.2, 0.25) is 0 Å². The van der Waals surface area contributed by atoms with E-state index in [1.165, 1.54) is 0 Å². The fraction of sp³-hybridized carbons (Fsp3) is 0.176. The van der Waals surface area contributed by atoms with Gasteiger partial charge in [0, 0.05) is 35.1 Å². The molecule has 3 rings (SSSR count). The molecule has 0 amide bonds. The number of hydrogen-bond donors (Lipinski definition) is 1. The van der Waals surface area contributed by atoms with Gasteiger partial charge in [0.25, 0.3) is 0 Å². The second kappa shape index (κ2) is 5.05. The Morgan fingerprint density at radius 2 is 2.00 bits per heavy atom. The van der Waals surface area contributed by atoms with Crippen LogP contribution < -0.4 is 0 Å². The summed E-state index contributed by atoms with van der Waals surface area (Å²) in [5.74, 6) is -0.906. The molecule has 1 N–H and O–H groups in total. The number of carbonyl (C=O) groups is 1. The Kier molecular flexibility index (Phi) is 3.22. The number of fused-ring (bicyclic) bond motifs is 1. The standard InChI is InChI=1S/C17H16N2O2/c1-11(2)19-15(6-7-16(19)17(20)21)14-5-3-4-12-10-18-9-8-13(12)14/h3-11H,1-2H3,(H,20,21). The molecule has 0 radical (unpaired) electrons. The van der Waals surface area contributed by atoms with Crippen molar-refractivity contribution in [1.82, 2.24) is 9.55 Å². The number of aromatic nitrogens is 2. The molecule has 2 aromatic heterocycles. The van der Waals surface area contributed by atoms with Gasteiger partial charge in [-0.05, 0) is 37.4 Å². The number of hydrogen-bond acceptors (Lipinski definition) is 2. The van der Waals surface area contributed by atoms with Crippen LogP contribution in [0.15, 0.2) is 48.8 Å². The second-order valence-corrected chi connectivity index (χ2v) is 5.28. The third kappa shape index (κ3) is 2.18. The molecule has 21 heavy (non-hydrogen) atoms. The summed E-state index contributed by atoms with van der Waals surface area (Å²) in [6.45, 7) is 3.98. The van der Waals surface area contributed by atoms with Crippen molar-refractivity contribution in [1.29, 1.82) is 0 Å². The first kappa shape index (κ1) is 13.4. The summed E-state index contributed by atoms with van der Waals surface area (Å²) in [5, 5.41) is 11.5. The maximum Gasteiger partial charge on any atom is 0.352 e. The zero-order valence-corrected chi connectivity index (χ0v) is 11.9. The monoisotopic (exact) mass is 280 g/mol. The lowest BCUT2D eigenvalue weighted by Gasteiger charge is -2.16. The molecule has 0 aliphatic rings. The van der Waals surface area contributed by atoms with E-state index in [9.17, 15) is 9.90 Å². The number of benzene rings is 1. The van der Waals surface area contributed by atoms with Gasteiger partial charge >= 0.3 is 5.97 Å². The van der Waals surface area contributed by atoms with Crippen molar-refractivity contribution in [2.75, 3.05) is 0 Å². The van der Waals surface area contributed by atoms with E-state index in [1.54, 1.807) is 12.3 Å². The molecular weight excluding hydrogens is 264 g/mol. The van der Waals surface area contributed by atoms with E-state index in [0.717, 1.165) is 22.0 Å². The third-order valence-corrected chi connectivity index (χ3v) is 3.61. The first-order valence-corrected chi connectivity index (χ1v) is 6.87. The van der Waals surface area contributed by atoms with Gasteiger partial charge in [0.2, 0.25) is 0 Å². The molecule has 2 heterocycles. The third-order valence-electron chi connectivity index (χ3n) is 3.61. The molecule has 0 aliphatic carbocycles. The molecule has 0 aliphatic heterocycles. The molecule has 0 saturated heterocycles. The van der Waals surface area contributed by atoms with E-state index in [-0.39, 0.29) is 6.04 Å². The molecule has 1 aromatic carbocycles. The number of rotatable bonds is 3. The normalized spacial score (nSPS) is 11.2. The van der Waals surface area contributed by atoms with E-state index >= 15 is 0 Å². The Hall–Kier alpha value is -2.62. The van der Waals surface area contributed by atoms with Crippen molar-refractivity contribution in [3.63, 3.8) is 0 Å². The summed E-state index contributed by atoms with van der Waals surface area (Å²) in [6, 6.07) is 11.6. The lowest BCUT2D eigenvalue weighted by molar-refractivity contribution is 0.0683. The highest BCUT2D eigenvalue weighted by molar-refractivity contribution is 5.96. The maximum absolute atomic E-state index is 11.4. The molecule has 4 heteroatoms. The van der Waals surface area contributed by atoms with Crippen LogP contribution in [0.3, 0.4) is 0 Å². The van der Waals surface area contributed by atoms with Crippen molar-refractivity contribution >= 4 is 16.7 Å². The van der Waals surface area contributed by atoms with Gasteiger partial charge in [-0.2, -0.15) is 0 Å². The first-order chi connectivity index (χ1) is 10.1. The fourth-order valence-corrected chi connectivity index (χ4v) is 2.74. The molecule has 0 atom stereocenters. The molecule has 0 spiro atoms. The van der Waals surface area contributed by atoms with Gasteiger partial charge in [-0.3, -0.25) is 4.98 Å². The summed E-state index contributed by atoms with van der Waals surface area (Å²) >= 11 is 0. The van der Waals surface area contributed by atoms with Gasteiger partial charge in [0.15, 0.2) is 0 Å². The van der Waals surface area contributed by atoms with Gasteiger partial charge in [-0.15, -0.1) is 0 Å². The lowest BCUT2D eigenvalue weighted by Crippen LogP contribution is -2.11. The Morgan fingerprint density at radius 1 is 1.19 bits per heavy atom. The van der Waals surface area contributed by atoms with Crippen LogP contribution in [-0.4, -0.2) is 20.6 Å². The van der Waals surface area contributed by atoms with Crippen molar-refractivity contribution < 1.29 is 9.90 Å². The smallest absolute Gasteiger partial charge is 0.352 e. The van der Waals surface area contributed by atoms with Gasteiger partial charge in [0.1, 0.15) is 5.69 Å². The summed E-state index contributed by atoms with van der Waals surface area (Å²) in [5.41, 5.74) is 2.25. The topological polar surface area (TPSA) is 55.1 Å². The highest BCUT2D eigenvalue weighted by Gasteiger charge is 2.18. The minimum Gasteiger partial charge on any atom is -0.477 e. The highest BCUT2D eigenvalue weighted by Crippen LogP contribution is 2.31. The maximum atomic E-state index is 11.4. The van der Waals surface area contributed by atoms with Crippen LogP contribution in [0, 0.1) is 0 Å². The van der Waals surface area contributed by atoms with E-state index in [0.29, 0.717) is 5.69 Å². The zero-order valence-electron chi connectivity index (χ0n) is 11.9. The Morgan fingerprint density at radius 3 is 2.71 bits per heavy atom. The Labute approximate surface area is 122 Å². The minimum absolute atomic E-state index is 0.0678. The van der Waals surface area contributed by atoms with Crippen LogP contribution in [-0.2, 0) is 0 Å². The van der Waals surface area contributed by atoms with Crippen molar-refractivity contribution in [3.8, 4) is 11.3 Å². The number of carboxylic acid groups (broad SMARTS) is 1. The molecule has 0 fully saturated rings. The molecule has 0 unspecified atom stereocenters.